The van der Waals surface area contributed by atoms with Gasteiger partial charge in [-0.25, -0.2) is 4.68 Å². The second-order valence-corrected chi connectivity index (χ2v) is 11.4. The fourth-order valence-electron chi connectivity index (χ4n) is 5.52. The topological polar surface area (TPSA) is 55.6 Å². The molecule has 1 N–H and O–H groups in total. The molecular weight excluding hydrogens is 450 g/mol. The van der Waals surface area contributed by atoms with Gasteiger partial charge in [0, 0.05) is 5.41 Å². The van der Waals surface area contributed by atoms with Crippen LogP contribution < -0.4 is 5.32 Å². The third-order valence-corrected chi connectivity index (χ3v) is 8.85. The van der Waals surface area contributed by atoms with E-state index in [2.05, 4.69) is 106 Å². The lowest BCUT2D eigenvalue weighted by Gasteiger charge is -2.38. The van der Waals surface area contributed by atoms with Crippen molar-refractivity contribution in [3.8, 4) is 10.6 Å². The van der Waals surface area contributed by atoms with Crippen LogP contribution in [0.4, 0.5) is 5.82 Å². The normalized spacial score (nSPS) is 17.1. The maximum Gasteiger partial charge on any atom is 0.153 e. The third kappa shape index (κ3) is 3.98. The van der Waals surface area contributed by atoms with Gasteiger partial charge in [-0.3, -0.25) is 0 Å². The van der Waals surface area contributed by atoms with Crippen LogP contribution in [-0.4, -0.2) is 20.0 Å². The number of nitrogens with zero attached hydrogens (tertiary/aromatic N) is 4. The Bertz CT molecular complexity index is 1310. The minimum atomic E-state index is -0.135. The zero-order valence-corrected chi connectivity index (χ0v) is 22.4. The van der Waals surface area contributed by atoms with Crippen molar-refractivity contribution in [2.24, 2.45) is 0 Å². The Balaban J connectivity index is 1.59. The summed E-state index contributed by atoms with van der Waals surface area (Å²) in [5.74, 6) is 1.05. The van der Waals surface area contributed by atoms with Gasteiger partial charge in [0.1, 0.15) is 10.8 Å². The zero-order chi connectivity index (χ0) is 24.8. The Hall–Kier alpha value is -2.99. The van der Waals surface area contributed by atoms with Crippen molar-refractivity contribution >= 4 is 17.2 Å². The smallest absolute Gasteiger partial charge is 0.153 e. The molecule has 2 aromatic heterocycles. The van der Waals surface area contributed by atoms with Gasteiger partial charge in [-0.1, -0.05) is 85.3 Å². The van der Waals surface area contributed by atoms with Crippen molar-refractivity contribution in [2.75, 3.05) is 5.32 Å². The van der Waals surface area contributed by atoms with Crippen molar-refractivity contribution < 1.29 is 0 Å². The maximum absolute atomic E-state index is 4.98. The summed E-state index contributed by atoms with van der Waals surface area (Å²) < 4.78 is 2.16. The highest BCUT2D eigenvalue weighted by atomic mass is 32.1. The molecule has 0 aliphatic carbocycles. The highest BCUT2D eigenvalue weighted by Gasteiger charge is 2.39. The van der Waals surface area contributed by atoms with E-state index in [1.807, 2.05) is 0 Å². The second kappa shape index (κ2) is 8.90. The highest BCUT2D eigenvalue weighted by Crippen LogP contribution is 2.47. The number of aromatic nitrogens is 4. The summed E-state index contributed by atoms with van der Waals surface area (Å²) in [5.41, 5.74) is 5.70. The monoisotopic (exact) mass is 485 g/mol. The Morgan fingerprint density at radius 1 is 1.00 bits per heavy atom. The van der Waals surface area contributed by atoms with Gasteiger partial charge < -0.3 is 5.32 Å². The molecule has 182 valence electrons. The Kier molecular flexibility index (Phi) is 6.04. The molecule has 1 atom stereocenters. The molecule has 0 radical (unpaired) electrons. The standard InChI is InChI=1S/C29H35N5S/c1-7-29(8-2,22-16-14-19(3)15-17-22)27-32-31-26(35-27)24-20(4)33-34-25(24)30-23(18-28(34,5)6)21-12-10-9-11-13-21/h9-17,23,30H,7-8,18H2,1-6H3. The molecular formula is C29H35N5S. The Morgan fingerprint density at radius 2 is 1.69 bits per heavy atom. The molecule has 1 aliphatic rings. The first-order chi connectivity index (χ1) is 16.8. The van der Waals surface area contributed by atoms with Gasteiger partial charge in [-0.05, 0) is 58.1 Å². The molecule has 5 rings (SSSR count). The summed E-state index contributed by atoms with van der Waals surface area (Å²) in [6.07, 6.45) is 2.93. The van der Waals surface area contributed by atoms with E-state index in [0.717, 1.165) is 46.4 Å². The number of rotatable bonds is 6. The lowest BCUT2D eigenvalue weighted by molar-refractivity contribution is 0.263. The molecule has 3 heterocycles. The van der Waals surface area contributed by atoms with Gasteiger partial charge >= 0.3 is 0 Å². The fourth-order valence-corrected chi connectivity index (χ4v) is 6.81. The summed E-state index contributed by atoms with van der Waals surface area (Å²) in [4.78, 5) is 0. The predicted molar refractivity (Wildman–Crippen MR) is 145 cm³/mol. The molecule has 2 aromatic carbocycles. The Morgan fingerprint density at radius 3 is 2.34 bits per heavy atom. The average Bonchev–Trinajstić information content (AvgIpc) is 3.46. The first kappa shape index (κ1) is 23.7. The summed E-state index contributed by atoms with van der Waals surface area (Å²) >= 11 is 1.71. The van der Waals surface area contributed by atoms with Crippen LogP contribution in [0.2, 0.25) is 0 Å². The molecule has 0 bridgehead atoms. The third-order valence-electron chi connectivity index (χ3n) is 7.71. The van der Waals surface area contributed by atoms with Crippen molar-refractivity contribution in [1.82, 2.24) is 20.0 Å². The largest absolute Gasteiger partial charge is 0.363 e. The van der Waals surface area contributed by atoms with Crippen LogP contribution in [0.5, 0.6) is 0 Å². The van der Waals surface area contributed by atoms with Crippen molar-refractivity contribution in [3.63, 3.8) is 0 Å². The minimum absolute atomic E-state index is 0.115. The SMILES string of the molecule is CCC(CC)(c1ccc(C)cc1)c1nnc(-c2c(C)nn3c2NC(c2ccccc2)CC3(C)C)s1. The minimum Gasteiger partial charge on any atom is -0.363 e. The lowest BCUT2D eigenvalue weighted by atomic mass is 9.76. The van der Waals surface area contributed by atoms with Gasteiger partial charge in [0.15, 0.2) is 5.01 Å². The van der Waals surface area contributed by atoms with E-state index in [1.54, 1.807) is 11.3 Å². The van der Waals surface area contributed by atoms with Crippen LogP contribution in [0, 0.1) is 13.8 Å². The van der Waals surface area contributed by atoms with Gasteiger partial charge in [0.05, 0.1) is 22.8 Å². The highest BCUT2D eigenvalue weighted by molar-refractivity contribution is 7.15. The maximum atomic E-state index is 4.98. The molecule has 35 heavy (non-hydrogen) atoms. The van der Waals surface area contributed by atoms with Gasteiger partial charge in [0.25, 0.3) is 0 Å². The first-order valence-corrected chi connectivity index (χ1v) is 13.4. The molecule has 0 saturated carbocycles. The molecule has 4 aromatic rings. The number of aryl methyl sites for hydroxylation is 2. The van der Waals surface area contributed by atoms with Crippen LogP contribution in [0.15, 0.2) is 54.6 Å². The zero-order valence-electron chi connectivity index (χ0n) is 21.6. The number of nitrogens with one attached hydrogen (secondary N) is 1. The van der Waals surface area contributed by atoms with E-state index in [4.69, 9.17) is 15.3 Å². The molecule has 1 unspecified atom stereocenters. The summed E-state index contributed by atoms with van der Waals surface area (Å²) in [6, 6.07) is 19.8. The number of hydrogen-bond acceptors (Lipinski definition) is 5. The predicted octanol–water partition coefficient (Wildman–Crippen LogP) is 7.42. The van der Waals surface area contributed by atoms with Gasteiger partial charge in [0.2, 0.25) is 0 Å². The van der Waals surface area contributed by atoms with Crippen LogP contribution >= 0.6 is 11.3 Å². The van der Waals surface area contributed by atoms with Crippen LogP contribution in [-0.2, 0) is 11.0 Å². The molecule has 0 amide bonds. The van der Waals surface area contributed by atoms with E-state index in [9.17, 15) is 0 Å². The average molecular weight is 486 g/mol. The van der Waals surface area contributed by atoms with E-state index < -0.39 is 0 Å². The first-order valence-electron chi connectivity index (χ1n) is 12.6. The van der Waals surface area contributed by atoms with Crippen molar-refractivity contribution in [3.05, 3.63) is 82.0 Å². The molecule has 0 saturated heterocycles. The van der Waals surface area contributed by atoms with E-state index in [0.29, 0.717) is 0 Å². The molecule has 0 fully saturated rings. The van der Waals surface area contributed by atoms with Crippen LogP contribution in [0.1, 0.15) is 80.4 Å². The fraction of sp³-hybridized carbons (Fsp3) is 0.414. The summed E-state index contributed by atoms with van der Waals surface area (Å²) in [7, 11) is 0. The number of anilines is 1. The van der Waals surface area contributed by atoms with Crippen LogP contribution in [0.25, 0.3) is 10.6 Å². The second-order valence-electron chi connectivity index (χ2n) is 10.4. The van der Waals surface area contributed by atoms with Crippen molar-refractivity contribution in [2.45, 2.75) is 77.8 Å². The Labute approximate surface area is 212 Å². The number of hydrogen-bond donors (Lipinski definition) is 1. The molecule has 0 spiro atoms. The van der Waals surface area contributed by atoms with Crippen LogP contribution in [0.3, 0.4) is 0 Å². The molecule has 5 nitrogen and oxygen atoms in total. The number of fused-ring (bicyclic) bond motifs is 1. The van der Waals surface area contributed by atoms with E-state index >= 15 is 0 Å². The summed E-state index contributed by atoms with van der Waals surface area (Å²) in [6.45, 7) is 13.3. The summed E-state index contributed by atoms with van der Waals surface area (Å²) in [5, 5.41) is 20.4. The van der Waals surface area contributed by atoms with Gasteiger partial charge in [-0.2, -0.15) is 5.10 Å². The lowest BCUT2D eigenvalue weighted by Crippen LogP contribution is -2.37. The molecule has 1 aliphatic heterocycles. The number of benzene rings is 2. The van der Waals surface area contributed by atoms with Crippen molar-refractivity contribution in [1.29, 1.82) is 0 Å². The molecule has 6 heteroatoms. The van der Waals surface area contributed by atoms with E-state index in [1.165, 1.54) is 16.7 Å². The van der Waals surface area contributed by atoms with Gasteiger partial charge in [-0.15, -0.1) is 10.2 Å². The van der Waals surface area contributed by atoms with E-state index in [-0.39, 0.29) is 17.0 Å². The quantitative estimate of drug-likeness (QED) is 0.309.